The molecule has 0 aliphatic rings. The summed E-state index contributed by atoms with van der Waals surface area (Å²) in [5, 5.41) is 10.4. The predicted octanol–water partition coefficient (Wildman–Crippen LogP) is 0.729. The summed E-state index contributed by atoms with van der Waals surface area (Å²) in [5.74, 6) is 0. The SMILES string of the molecule is CCCCC(N)NC(=O)O. The molecule has 10 heavy (non-hydrogen) atoms. The molecule has 4 nitrogen and oxygen atoms in total. The molecule has 0 saturated carbocycles. The first-order chi connectivity index (χ1) is 4.66. The van der Waals surface area contributed by atoms with Gasteiger partial charge in [-0.05, 0) is 6.42 Å². The molecule has 0 fully saturated rings. The molecule has 0 aromatic rings. The van der Waals surface area contributed by atoms with Crippen LogP contribution in [0, 0.1) is 0 Å². The van der Waals surface area contributed by atoms with Gasteiger partial charge in [-0.15, -0.1) is 0 Å². The second-order valence-corrected chi connectivity index (χ2v) is 2.20. The Morgan fingerprint density at radius 1 is 1.80 bits per heavy atom. The number of nitrogens with one attached hydrogen (secondary N) is 1. The number of carboxylic acid groups (broad SMARTS) is 1. The van der Waals surface area contributed by atoms with Gasteiger partial charge in [0, 0.05) is 0 Å². The van der Waals surface area contributed by atoms with Gasteiger partial charge < -0.3 is 16.2 Å². The average Bonchev–Trinajstić information content (AvgIpc) is 1.82. The summed E-state index contributed by atoms with van der Waals surface area (Å²) in [6.07, 6.45) is 1.25. The van der Waals surface area contributed by atoms with Crippen molar-refractivity contribution in [2.45, 2.75) is 32.4 Å². The molecule has 4 N–H and O–H groups in total. The standard InChI is InChI=1S/C6H14N2O2/c1-2-3-4-5(7)8-6(9)10/h5,8H,2-4,7H2,1H3,(H,9,10). The van der Waals surface area contributed by atoms with Gasteiger partial charge in [-0.1, -0.05) is 19.8 Å². The van der Waals surface area contributed by atoms with Gasteiger partial charge in [-0.25, -0.2) is 4.79 Å². The van der Waals surface area contributed by atoms with Crippen LogP contribution in [0.2, 0.25) is 0 Å². The second-order valence-electron chi connectivity index (χ2n) is 2.20. The van der Waals surface area contributed by atoms with Crippen LogP contribution < -0.4 is 11.1 Å². The highest BCUT2D eigenvalue weighted by Crippen LogP contribution is 1.94. The highest BCUT2D eigenvalue weighted by Gasteiger charge is 2.02. The molecular formula is C6H14N2O2. The molecule has 0 aliphatic carbocycles. The number of hydrogen-bond acceptors (Lipinski definition) is 2. The van der Waals surface area contributed by atoms with Crippen LogP contribution in [-0.2, 0) is 0 Å². The van der Waals surface area contributed by atoms with Crippen molar-refractivity contribution < 1.29 is 9.90 Å². The summed E-state index contributed by atoms with van der Waals surface area (Å²) in [6, 6.07) is 0. The Morgan fingerprint density at radius 3 is 2.80 bits per heavy atom. The fourth-order valence-electron chi connectivity index (χ4n) is 0.655. The van der Waals surface area contributed by atoms with Crippen LogP contribution >= 0.6 is 0 Å². The van der Waals surface area contributed by atoms with E-state index in [1.807, 2.05) is 6.92 Å². The molecule has 0 heterocycles. The van der Waals surface area contributed by atoms with E-state index in [1.54, 1.807) is 0 Å². The number of nitrogens with two attached hydrogens (primary N) is 1. The number of hydrogen-bond donors (Lipinski definition) is 3. The lowest BCUT2D eigenvalue weighted by atomic mass is 10.2. The normalized spacial score (nSPS) is 12.6. The monoisotopic (exact) mass is 146 g/mol. The molecule has 0 spiro atoms. The van der Waals surface area contributed by atoms with E-state index in [2.05, 4.69) is 5.32 Å². The quantitative estimate of drug-likeness (QED) is 0.512. The smallest absolute Gasteiger partial charge is 0.405 e. The zero-order valence-corrected chi connectivity index (χ0v) is 6.13. The van der Waals surface area contributed by atoms with Crippen molar-refractivity contribution in [3.8, 4) is 0 Å². The van der Waals surface area contributed by atoms with Gasteiger partial charge in [0.15, 0.2) is 0 Å². The maximum atomic E-state index is 9.98. The highest BCUT2D eigenvalue weighted by atomic mass is 16.4. The van der Waals surface area contributed by atoms with Gasteiger partial charge in [-0.3, -0.25) is 0 Å². The first-order valence-corrected chi connectivity index (χ1v) is 3.42. The van der Waals surface area contributed by atoms with E-state index in [0.29, 0.717) is 6.42 Å². The van der Waals surface area contributed by atoms with Crippen molar-refractivity contribution >= 4 is 6.09 Å². The Labute approximate surface area is 60.4 Å². The Kier molecular flexibility index (Phi) is 4.66. The fourth-order valence-corrected chi connectivity index (χ4v) is 0.655. The molecule has 0 aromatic carbocycles. The molecule has 0 radical (unpaired) electrons. The first-order valence-electron chi connectivity index (χ1n) is 3.42. The van der Waals surface area contributed by atoms with E-state index >= 15 is 0 Å². The summed E-state index contributed by atoms with van der Waals surface area (Å²) >= 11 is 0. The van der Waals surface area contributed by atoms with Crippen molar-refractivity contribution in [2.24, 2.45) is 5.73 Å². The number of carbonyl (C=O) groups is 1. The lowest BCUT2D eigenvalue weighted by Gasteiger charge is -2.09. The van der Waals surface area contributed by atoms with Crippen LogP contribution in [0.15, 0.2) is 0 Å². The van der Waals surface area contributed by atoms with E-state index in [4.69, 9.17) is 10.8 Å². The van der Waals surface area contributed by atoms with E-state index in [1.165, 1.54) is 0 Å². The van der Waals surface area contributed by atoms with E-state index < -0.39 is 12.3 Å². The number of rotatable bonds is 4. The van der Waals surface area contributed by atoms with Crippen molar-refractivity contribution in [1.82, 2.24) is 5.32 Å². The van der Waals surface area contributed by atoms with Crippen LogP contribution in [0.4, 0.5) is 4.79 Å². The second kappa shape index (κ2) is 5.05. The van der Waals surface area contributed by atoms with Gasteiger partial charge in [0.2, 0.25) is 0 Å². The first kappa shape index (κ1) is 9.23. The maximum absolute atomic E-state index is 9.98. The third kappa shape index (κ3) is 5.37. The molecule has 1 amide bonds. The highest BCUT2D eigenvalue weighted by molar-refractivity contribution is 5.64. The summed E-state index contributed by atoms with van der Waals surface area (Å²) < 4.78 is 0. The van der Waals surface area contributed by atoms with Gasteiger partial charge >= 0.3 is 6.09 Å². The molecule has 4 heteroatoms. The lowest BCUT2D eigenvalue weighted by Crippen LogP contribution is -2.40. The maximum Gasteiger partial charge on any atom is 0.405 e. The fraction of sp³-hybridized carbons (Fsp3) is 0.833. The minimum absolute atomic E-state index is 0.405. The lowest BCUT2D eigenvalue weighted by molar-refractivity contribution is 0.189. The molecule has 0 rings (SSSR count). The zero-order chi connectivity index (χ0) is 7.98. The van der Waals surface area contributed by atoms with Crippen LogP contribution in [0.5, 0.6) is 0 Å². The minimum Gasteiger partial charge on any atom is -0.465 e. The van der Waals surface area contributed by atoms with Crippen LogP contribution in [-0.4, -0.2) is 17.4 Å². The summed E-state index contributed by atoms with van der Waals surface area (Å²) in [7, 11) is 0. The van der Waals surface area contributed by atoms with Crippen molar-refractivity contribution in [1.29, 1.82) is 0 Å². The molecule has 1 atom stereocenters. The molecule has 1 unspecified atom stereocenters. The van der Waals surface area contributed by atoms with E-state index in [9.17, 15) is 4.79 Å². The number of amides is 1. The molecule has 0 aliphatic heterocycles. The molecule has 0 saturated heterocycles. The largest absolute Gasteiger partial charge is 0.465 e. The average molecular weight is 146 g/mol. The molecular weight excluding hydrogens is 132 g/mol. The summed E-state index contributed by atoms with van der Waals surface area (Å²) in [6.45, 7) is 2.04. The van der Waals surface area contributed by atoms with Crippen molar-refractivity contribution in [2.75, 3.05) is 0 Å². The van der Waals surface area contributed by atoms with Gasteiger partial charge in [-0.2, -0.15) is 0 Å². The minimum atomic E-state index is -1.05. The van der Waals surface area contributed by atoms with Crippen molar-refractivity contribution in [3.63, 3.8) is 0 Å². The Hall–Kier alpha value is -0.770. The zero-order valence-electron chi connectivity index (χ0n) is 6.13. The predicted molar refractivity (Wildman–Crippen MR) is 38.7 cm³/mol. The summed E-state index contributed by atoms with van der Waals surface area (Å²) in [5.41, 5.74) is 5.37. The summed E-state index contributed by atoms with van der Waals surface area (Å²) in [4.78, 5) is 9.98. The van der Waals surface area contributed by atoms with Gasteiger partial charge in [0.05, 0.1) is 6.17 Å². The molecule has 60 valence electrons. The number of unbranched alkanes of at least 4 members (excludes halogenated alkanes) is 1. The Balaban J connectivity index is 3.25. The molecule has 0 bridgehead atoms. The Bertz CT molecular complexity index is 106. The van der Waals surface area contributed by atoms with E-state index in [-0.39, 0.29) is 0 Å². The molecule has 0 aromatic heterocycles. The van der Waals surface area contributed by atoms with Gasteiger partial charge in [0.1, 0.15) is 0 Å². The van der Waals surface area contributed by atoms with Gasteiger partial charge in [0.25, 0.3) is 0 Å². The van der Waals surface area contributed by atoms with Crippen molar-refractivity contribution in [3.05, 3.63) is 0 Å². The Morgan fingerprint density at radius 2 is 2.40 bits per heavy atom. The third-order valence-corrected chi connectivity index (χ3v) is 1.18. The van der Waals surface area contributed by atoms with Crippen LogP contribution in [0.25, 0.3) is 0 Å². The third-order valence-electron chi connectivity index (χ3n) is 1.18. The van der Waals surface area contributed by atoms with Crippen LogP contribution in [0.1, 0.15) is 26.2 Å². The van der Waals surface area contributed by atoms with E-state index in [0.717, 1.165) is 12.8 Å². The topological polar surface area (TPSA) is 75.3 Å². The van der Waals surface area contributed by atoms with Crippen LogP contribution in [0.3, 0.4) is 0 Å².